The number of benzene rings is 2. The van der Waals surface area contributed by atoms with Crippen molar-refractivity contribution in [1.29, 1.82) is 5.26 Å². The number of hydrogen-bond acceptors (Lipinski definition) is 2. The molecular formula is C20H19BrN2O. The lowest BCUT2D eigenvalue weighted by Gasteiger charge is -2.28. The molecule has 1 aliphatic rings. The predicted octanol–water partition coefficient (Wildman–Crippen LogP) is 4.97. The van der Waals surface area contributed by atoms with Crippen LogP contribution < -0.4 is 5.32 Å². The number of nitrogens with one attached hydrogen (secondary N) is 1. The molecule has 4 heteroatoms. The summed E-state index contributed by atoms with van der Waals surface area (Å²) >= 11 is 3.46. The van der Waals surface area contributed by atoms with Crippen LogP contribution in [0.5, 0.6) is 0 Å². The number of carbonyl (C=O) groups is 1. The van der Waals surface area contributed by atoms with Crippen LogP contribution in [0.25, 0.3) is 0 Å². The van der Waals surface area contributed by atoms with E-state index in [9.17, 15) is 4.79 Å². The number of carbonyl (C=O) groups excluding carboxylic acids is 1. The quantitative estimate of drug-likeness (QED) is 0.811. The molecule has 3 nitrogen and oxygen atoms in total. The molecule has 0 aromatic heterocycles. The molecule has 0 aliphatic heterocycles. The molecule has 24 heavy (non-hydrogen) atoms. The summed E-state index contributed by atoms with van der Waals surface area (Å²) in [4.78, 5) is 13.1. The standard InChI is InChI=1S/C20H19BrN2O/c21-17-7-5-16(6-8-17)20(12-1-2-13-20)19(24)23-18-9-3-15(4-10-18)11-14-22/h3-10H,1-2,11-13H2,(H,23,24). The maximum atomic E-state index is 13.1. The minimum Gasteiger partial charge on any atom is -0.325 e. The van der Waals surface area contributed by atoms with E-state index in [1.54, 1.807) is 0 Å². The first-order chi connectivity index (χ1) is 11.6. The molecule has 0 spiro atoms. The fourth-order valence-corrected chi connectivity index (χ4v) is 3.71. The number of nitrogens with zero attached hydrogens (tertiary/aromatic N) is 1. The van der Waals surface area contributed by atoms with E-state index in [0.717, 1.165) is 47.0 Å². The van der Waals surface area contributed by atoms with E-state index in [2.05, 4.69) is 27.3 Å². The smallest absolute Gasteiger partial charge is 0.235 e. The summed E-state index contributed by atoms with van der Waals surface area (Å²) < 4.78 is 1.02. The van der Waals surface area contributed by atoms with Crippen molar-refractivity contribution < 1.29 is 4.79 Å². The summed E-state index contributed by atoms with van der Waals surface area (Å²) in [7, 11) is 0. The fourth-order valence-electron chi connectivity index (χ4n) is 3.44. The minimum absolute atomic E-state index is 0.0651. The Kier molecular flexibility index (Phi) is 5.01. The van der Waals surface area contributed by atoms with Crippen molar-refractivity contribution in [1.82, 2.24) is 0 Å². The van der Waals surface area contributed by atoms with Gasteiger partial charge < -0.3 is 5.32 Å². The summed E-state index contributed by atoms with van der Waals surface area (Å²) in [6.07, 6.45) is 4.30. The summed E-state index contributed by atoms with van der Waals surface area (Å²) in [6.45, 7) is 0. The van der Waals surface area contributed by atoms with Gasteiger partial charge in [-0.05, 0) is 48.2 Å². The highest BCUT2D eigenvalue weighted by molar-refractivity contribution is 9.10. The maximum Gasteiger partial charge on any atom is 0.235 e. The third-order valence-electron chi connectivity index (χ3n) is 4.78. The lowest BCUT2D eigenvalue weighted by molar-refractivity contribution is -0.121. The van der Waals surface area contributed by atoms with E-state index >= 15 is 0 Å². The second-order valence-electron chi connectivity index (χ2n) is 6.28. The van der Waals surface area contributed by atoms with Crippen molar-refractivity contribution in [2.45, 2.75) is 37.5 Å². The Labute approximate surface area is 150 Å². The van der Waals surface area contributed by atoms with Crippen molar-refractivity contribution in [3.8, 4) is 6.07 Å². The summed E-state index contributed by atoms with van der Waals surface area (Å²) in [6, 6.07) is 17.7. The molecule has 0 radical (unpaired) electrons. The van der Waals surface area contributed by atoms with Gasteiger partial charge in [0.15, 0.2) is 0 Å². The average molecular weight is 383 g/mol. The number of nitriles is 1. The van der Waals surface area contributed by atoms with Crippen LogP contribution in [0.3, 0.4) is 0 Å². The van der Waals surface area contributed by atoms with Crippen LogP contribution in [0, 0.1) is 11.3 Å². The second-order valence-corrected chi connectivity index (χ2v) is 7.20. The first-order valence-corrected chi connectivity index (χ1v) is 8.97. The van der Waals surface area contributed by atoms with Crippen LogP contribution in [-0.4, -0.2) is 5.91 Å². The van der Waals surface area contributed by atoms with E-state index in [0.29, 0.717) is 6.42 Å². The molecule has 1 saturated carbocycles. The molecular weight excluding hydrogens is 364 g/mol. The third-order valence-corrected chi connectivity index (χ3v) is 5.31. The highest BCUT2D eigenvalue weighted by Crippen LogP contribution is 2.42. The van der Waals surface area contributed by atoms with Crippen molar-refractivity contribution in [2.24, 2.45) is 0 Å². The lowest BCUT2D eigenvalue weighted by atomic mass is 9.78. The van der Waals surface area contributed by atoms with Gasteiger partial charge >= 0.3 is 0 Å². The largest absolute Gasteiger partial charge is 0.325 e. The molecule has 1 N–H and O–H groups in total. The van der Waals surface area contributed by atoms with Crippen molar-refractivity contribution in [3.63, 3.8) is 0 Å². The Morgan fingerprint density at radius 1 is 1.08 bits per heavy atom. The van der Waals surface area contributed by atoms with Gasteiger partial charge in [-0.1, -0.05) is 53.0 Å². The second kappa shape index (κ2) is 7.19. The molecule has 2 aromatic rings. The monoisotopic (exact) mass is 382 g/mol. The molecule has 3 rings (SSSR count). The lowest BCUT2D eigenvalue weighted by Crippen LogP contribution is -2.37. The van der Waals surface area contributed by atoms with E-state index in [4.69, 9.17) is 5.26 Å². The topological polar surface area (TPSA) is 52.9 Å². The number of halogens is 1. The molecule has 1 fully saturated rings. The molecule has 0 unspecified atom stereocenters. The van der Waals surface area contributed by atoms with Gasteiger partial charge in [-0.25, -0.2) is 0 Å². The van der Waals surface area contributed by atoms with E-state index in [-0.39, 0.29) is 5.91 Å². The summed E-state index contributed by atoms with van der Waals surface area (Å²) in [5, 5.41) is 11.8. The number of anilines is 1. The summed E-state index contributed by atoms with van der Waals surface area (Å²) in [5.41, 5.74) is 2.39. The molecule has 1 amide bonds. The van der Waals surface area contributed by atoms with Gasteiger partial charge in [-0.2, -0.15) is 5.26 Å². The van der Waals surface area contributed by atoms with Crippen molar-refractivity contribution >= 4 is 27.5 Å². The van der Waals surface area contributed by atoms with E-state index in [1.807, 2.05) is 48.5 Å². The molecule has 2 aromatic carbocycles. The highest BCUT2D eigenvalue weighted by Gasteiger charge is 2.42. The highest BCUT2D eigenvalue weighted by atomic mass is 79.9. The summed E-state index contributed by atoms with van der Waals surface area (Å²) in [5.74, 6) is 0.0651. The van der Waals surface area contributed by atoms with Crippen LogP contribution in [0.4, 0.5) is 5.69 Å². The van der Waals surface area contributed by atoms with Gasteiger partial charge in [-0.3, -0.25) is 4.79 Å². The number of amides is 1. The zero-order chi connectivity index (χ0) is 17.0. The van der Waals surface area contributed by atoms with Crippen molar-refractivity contribution in [3.05, 3.63) is 64.1 Å². The number of hydrogen-bond donors (Lipinski definition) is 1. The normalized spacial score (nSPS) is 15.7. The predicted molar refractivity (Wildman–Crippen MR) is 98.7 cm³/mol. The molecule has 0 atom stereocenters. The van der Waals surface area contributed by atoms with Gasteiger partial charge in [0.2, 0.25) is 5.91 Å². The van der Waals surface area contributed by atoms with Crippen LogP contribution in [0.1, 0.15) is 36.8 Å². The first kappa shape index (κ1) is 16.7. The van der Waals surface area contributed by atoms with Gasteiger partial charge in [0.1, 0.15) is 0 Å². The van der Waals surface area contributed by atoms with Gasteiger partial charge in [-0.15, -0.1) is 0 Å². The zero-order valence-corrected chi connectivity index (χ0v) is 15.0. The van der Waals surface area contributed by atoms with Crippen LogP contribution in [0.15, 0.2) is 53.0 Å². The Balaban J connectivity index is 1.82. The molecule has 122 valence electrons. The SMILES string of the molecule is N#CCc1ccc(NC(=O)C2(c3ccc(Br)cc3)CCCC2)cc1. The Bertz CT molecular complexity index is 754. The van der Waals surface area contributed by atoms with E-state index in [1.165, 1.54) is 0 Å². The van der Waals surface area contributed by atoms with Gasteiger partial charge in [0.25, 0.3) is 0 Å². The molecule has 0 bridgehead atoms. The average Bonchev–Trinajstić information content (AvgIpc) is 3.08. The minimum atomic E-state index is -0.438. The van der Waals surface area contributed by atoms with Crippen LogP contribution in [-0.2, 0) is 16.6 Å². The van der Waals surface area contributed by atoms with E-state index < -0.39 is 5.41 Å². The Hall–Kier alpha value is -2.12. The Morgan fingerprint density at radius 3 is 2.29 bits per heavy atom. The molecule has 0 saturated heterocycles. The fraction of sp³-hybridized carbons (Fsp3) is 0.300. The maximum absolute atomic E-state index is 13.1. The molecule has 0 heterocycles. The van der Waals surface area contributed by atoms with Crippen LogP contribution >= 0.6 is 15.9 Å². The first-order valence-electron chi connectivity index (χ1n) is 8.17. The zero-order valence-electron chi connectivity index (χ0n) is 13.4. The number of rotatable bonds is 4. The van der Waals surface area contributed by atoms with Crippen LogP contribution in [0.2, 0.25) is 0 Å². The third kappa shape index (κ3) is 3.37. The Morgan fingerprint density at radius 2 is 1.71 bits per heavy atom. The van der Waals surface area contributed by atoms with Crippen molar-refractivity contribution in [2.75, 3.05) is 5.32 Å². The van der Waals surface area contributed by atoms with Gasteiger partial charge in [0.05, 0.1) is 17.9 Å². The molecule has 1 aliphatic carbocycles. The van der Waals surface area contributed by atoms with Gasteiger partial charge in [0, 0.05) is 10.2 Å².